The van der Waals surface area contributed by atoms with E-state index < -0.39 is 97.5 Å². The van der Waals surface area contributed by atoms with E-state index >= 15 is 0 Å². The lowest BCUT2D eigenvalue weighted by molar-refractivity contribution is -0.161. The number of carbonyl (C=O) groups excluding carboxylic acids is 4. The number of aliphatic hydroxyl groups is 1. The lowest BCUT2D eigenvalue weighted by Crippen LogP contribution is -2.30. The third-order valence-corrected chi connectivity index (χ3v) is 20.6. The highest BCUT2D eigenvalue weighted by Gasteiger charge is 2.30. The molecule has 0 aromatic carbocycles. The summed E-state index contributed by atoms with van der Waals surface area (Å²) < 4.78 is 68.6. The maximum Gasteiger partial charge on any atom is 0.472 e. The van der Waals surface area contributed by atoms with Crippen LogP contribution in [0.2, 0.25) is 0 Å². The number of esters is 4. The minimum Gasteiger partial charge on any atom is -0.462 e. The molecule has 0 aliphatic rings. The number of phosphoric acid groups is 2. The largest absolute Gasteiger partial charge is 0.472 e. The van der Waals surface area contributed by atoms with Gasteiger partial charge in [-0.2, -0.15) is 0 Å². The van der Waals surface area contributed by atoms with Gasteiger partial charge in [0.05, 0.1) is 26.4 Å². The zero-order valence-electron chi connectivity index (χ0n) is 64.3. The van der Waals surface area contributed by atoms with Crippen molar-refractivity contribution < 1.29 is 80.2 Å². The fourth-order valence-electron chi connectivity index (χ4n) is 12.1. The molecule has 0 spiro atoms. The Balaban J connectivity index is 5.25. The summed E-state index contributed by atoms with van der Waals surface area (Å²) in [5, 5.41) is 10.6. The number of rotatable bonds is 77. The molecule has 0 aromatic rings. The summed E-state index contributed by atoms with van der Waals surface area (Å²) in [5.41, 5.74) is 0. The highest BCUT2D eigenvalue weighted by Crippen LogP contribution is 2.45. The van der Waals surface area contributed by atoms with E-state index in [1.807, 2.05) is 0 Å². The first-order valence-corrected chi connectivity index (χ1v) is 43.9. The molecule has 3 unspecified atom stereocenters. The van der Waals surface area contributed by atoms with E-state index in [2.05, 4.69) is 48.5 Å². The second kappa shape index (κ2) is 69.4. The van der Waals surface area contributed by atoms with Gasteiger partial charge in [-0.1, -0.05) is 357 Å². The molecule has 0 amide bonds. The number of carbonyl (C=O) groups is 4. The standard InChI is InChI=1S/C79H154O17P2/c1-8-10-11-12-13-14-24-31-39-46-53-60-76(81)89-67-75(96-79(84)63-56-49-42-35-34-38-45-52-59-72(7)9-2)69-94-98(87,88)92-65-73(80)64-91-97(85,86)93-68-74(66-90-77(82)61-54-47-40-32-27-22-19-18-21-26-30-37-44-51-58-71(5)6)95-78(83)62-55-48-41-33-28-23-17-15-16-20-25-29-36-43-50-57-70(3)4/h70-75,80H,8-69H2,1-7H3,(H,85,86)(H,87,88)/t72?,73-,74-,75-/m1/s1. The van der Waals surface area contributed by atoms with Crippen LogP contribution in [-0.4, -0.2) is 96.7 Å². The van der Waals surface area contributed by atoms with E-state index in [0.717, 1.165) is 108 Å². The molecule has 0 aromatic heterocycles. The average molecular weight is 1440 g/mol. The van der Waals surface area contributed by atoms with Gasteiger partial charge in [-0.15, -0.1) is 0 Å². The molecule has 0 bridgehead atoms. The zero-order valence-corrected chi connectivity index (χ0v) is 66.0. The van der Waals surface area contributed by atoms with E-state index in [0.29, 0.717) is 25.7 Å². The quantitative estimate of drug-likeness (QED) is 0.0222. The SMILES string of the molecule is CCCCCCCCCCCCCC(=O)OC[C@H](COP(=O)(O)OC[C@H](O)COP(=O)(O)OC[C@@H](COC(=O)CCCCCCCCCCCCCCCCC(C)C)OC(=O)CCCCCCCCCCCCCCCCCC(C)C)OC(=O)CCCCCCCCCCC(C)CC. The molecule has 0 saturated heterocycles. The molecule has 0 saturated carbocycles. The number of ether oxygens (including phenoxy) is 4. The first-order valence-electron chi connectivity index (χ1n) is 40.9. The molecule has 0 heterocycles. The van der Waals surface area contributed by atoms with Crippen molar-refractivity contribution in [2.24, 2.45) is 17.8 Å². The third-order valence-electron chi connectivity index (χ3n) is 18.7. The number of aliphatic hydroxyl groups excluding tert-OH is 1. The second-order valence-corrected chi connectivity index (χ2v) is 32.6. The Morgan fingerprint density at radius 3 is 0.776 bits per heavy atom. The van der Waals surface area contributed by atoms with Gasteiger partial charge in [-0.3, -0.25) is 37.3 Å². The summed E-state index contributed by atoms with van der Waals surface area (Å²) in [4.78, 5) is 72.9. The first kappa shape index (κ1) is 96.1. The lowest BCUT2D eigenvalue weighted by Gasteiger charge is -2.21. The first-order chi connectivity index (χ1) is 47.3. The summed E-state index contributed by atoms with van der Waals surface area (Å²) in [7, 11) is -9.92. The van der Waals surface area contributed by atoms with E-state index in [9.17, 15) is 43.2 Å². The lowest BCUT2D eigenvalue weighted by atomic mass is 9.99. The summed E-state index contributed by atoms with van der Waals surface area (Å²) >= 11 is 0. The van der Waals surface area contributed by atoms with Crippen molar-refractivity contribution in [3.05, 3.63) is 0 Å². The van der Waals surface area contributed by atoms with Crippen LogP contribution in [0.3, 0.4) is 0 Å². The molecular formula is C79H154O17P2. The Morgan fingerprint density at radius 1 is 0.296 bits per heavy atom. The Hall–Kier alpha value is -1.94. The summed E-state index contributed by atoms with van der Waals surface area (Å²) in [6.45, 7) is 12.0. The van der Waals surface area contributed by atoms with Crippen LogP contribution in [0.25, 0.3) is 0 Å². The van der Waals surface area contributed by atoms with E-state index in [1.54, 1.807) is 0 Å². The van der Waals surface area contributed by atoms with Gasteiger partial charge in [-0.25, -0.2) is 9.13 Å². The highest BCUT2D eigenvalue weighted by atomic mass is 31.2. The van der Waals surface area contributed by atoms with Crippen molar-refractivity contribution in [2.45, 2.75) is 426 Å². The molecule has 0 aliphatic heterocycles. The number of hydrogen-bond acceptors (Lipinski definition) is 15. The van der Waals surface area contributed by atoms with Crippen LogP contribution in [-0.2, 0) is 65.4 Å². The van der Waals surface area contributed by atoms with E-state index in [1.165, 1.54) is 218 Å². The smallest absolute Gasteiger partial charge is 0.462 e. The predicted molar refractivity (Wildman–Crippen MR) is 400 cm³/mol. The minimum absolute atomic E-state index is 0.105. The Kier molecular flexibility index (Phi) is 68.1. The number of hydrogen-bond donors (Lipinski definition) is 3. The fourth-order valence-corrected chi connectivity index (χ4v) is 13.7. The maximum absolute atomic E-state index is 13.1. The molecule has 0 aliphatic carbocycles. The Labute approximate surface area is 600 Å². The molecule has 6 atom stereocenters. The average Bonchev–Trinajstić information content (AvgIpc) is 2.11. The van der Waals surface area contributed by atoms with Gasteiger partial charge in [0.25, 0.3) is 0 Å². The minimum atomic E-state index is -4.96. The molecular weight excluding hydrogens is 1280 g/mol. The van der Waals surface area contributed by atoms with Crippen LogP contribution >= 0.6 is 15.6 Å². The second-order valence-electron chi connectivity index (χ2n) is 29.6. The molecule has 0 rings (SSSR count). The van der Waals surface area contributed by atoms with Gasteiger partial charge >= 0.3 is 39.5 Å². The van der Waals surface area contributed by atoms with Crippen molar-refractivity contribution in [2.75, 3.05) is 39.6 Å². The summed E-state index contributed by atoms with van der Waals surface area (Å²) in [5.74, 6) is 0.258. The molecule has 0 radical (unpaired) electrons. The fraction of sp³-hybridized carbons (Fsp3) is 0.949. The molecule has 98 heavy (non-hydrogen) atoms. The van der Waals surface area contributed by atoms with Crippen LogP contribution in [0.15, 0.2) is 0 Å². The van der Waals surface area contributed by atoms with Gasteiger partial charge in [0, 0.05) is 25.7 Å². The van der Waals surface area contributed by atoms with Crippen LogP contribution in [0, 0.1) is 17.8 Å². The van der Waals surface area contributed by atoms with Crippen molar-refractivity contribution in [1.82, 2.24) is 0 Å². The summed E-state index contributed by atoms with van der Waals surface area (Å²) in [6.07, 6.45) is 56.7. The predicted octanol–water partition coefficient (Wildman–Crippen LogP) is 23.4. The van der Waals surface area contributed by atoms with Crippen molar-refractivity contribution >= 4 is 39.5 Å². The van der Waals surface area contributed by atoms with Crippen LogP contribution < -0.4 is 0 Å². The van der Waals surface area contributed by atoms with Gasteiger partial charge in [0.15, 0.2) is 12.2 Å². The van der Waals surface area contributed by atoms with Gasteiger partial charge < -0.3 is 33.8 Å². The summed E-state index contributed by atoms with van der Waals surface area (Å²) in [6, 6.07) is 0. The monoisotopic (exact) mass is 1440 g/mol. The van der Waals surface area contributed by atoms with Crippen LogP contribution in [0.5, 0.6) is 0 Å². The molecule has 17 nitrogen and oxygen atoms in total. The van der Waals surface area contributed by atoms with E-state index in [-0.39, 0.29) is 25.7 Å². The third kappa shape index (κ3) is 71.1. The van der Waals surface area contributed by atoms with Crippen molar-refractivity contribution in [3.8, 4) is 0 Å². The molecule has 19 heteroatoms. The van der Waals surface area contributed by atoms with Crippen molar-refractivity contribution in [1.29, 1.82) is 0 Å². The van der Waals surface area contributed by atoms with Gasteiger partial charge in [0.2, 0.25) is 0 Å². The Morgan fingerprint density at radius 2 is 0.520 bits per heavy atom. The molecule has 0 fully saturated rings. The zero-order chi connectivity index (χ0) is 72.3. The van der Waals surface area contributed by atoms with Crippen molar-refractivity contribution in [3.63, 3.8) is 0 Å². The van der Waals surface area contributed by atoms with Gasteiger partial charge in [0.1, 0.15) is 19.3 Å². The molecule has 582 valence electrons. The molecule has 3 N–H and O–H groups in total. The maximum atomic E-state index is 13.1. The normalized spacial score (nSPS) is 14.3. The van der Waals surface area contributed by atoms with Crippen LogP contribution in [0.4, 0.5) is 0 Å². The van der Waals surface area contributed by atoms with Crippen LogP contribution in [0.1, 0.15) is 408 Å². The number of unbranched alkanes of at least 4 members (excludes halogenated alkanes) is 44. The number of phosphoric ester groups is 2. The van der Waals surface area contributed by atoms with Gasteiger partial charge in [-0.05, 0) is 43.4 Å². The highest BCUT2D eigenvalue weighted by molar-refractivity contribution is 7.47. The topological polar surface area (TPSA) is 237 Å². The van der Waals surface area contributed by atoms with E-state index in [4.69, 9.17) is 37.0 Å². The Bertz CT molecular complexity index is 1910.